The monoisotopic (exact) mass is 268 g/mol. The minimum Gasteiger partial charge on any atom is -0.508 e. The van der Waals surface area contributed by atoms with E-state index in [4.69, 9.17) is 0 Å². The Hall–Kier alpha value is -1.36. The van der Waals surface area contributed by atoms with Crippen molar-refractivity contribution in [1.82, 2.24) is 0 Å². The molecule has 0 unspecified atom stereocenters. The molecule has 0 saturated heterocycles. The van der Waals surface area contributed by atoms with Gasteiger partial charge < -0.3 is 9.90 Å². The molecular formula is C13H16O4S. The fraction of sp³-hybridized carbons (Fsp3) is 0.462. The predicted octanol–water partition coefficient (Wildman–Crippen LogP) is 2.07. The maximum atomic E-state index is 12.5. The average Bonchev–Trinajstić information content (AvgIpc) is 2.40. The number of hydrogen-bond donors (Lipinski definition) is 1. The van der Waals surface area contributed by atoms with E-state index in [0.29, 0.717) is 19.1 Å². The van der Waals surface area contributed by atoms with Gasteiger partial charge in [0.05, 0.1) is 4.90 Å². The minimum atomic E-state index is -3.67. The molecule has 1 aliphatic rings. The van der Waals surface area contributed by atoms with E-state index in [9.17, 15) is 18.3 Å². The van der Waals surface area contributed by atoms with Gasteiger partial charge in [-0.05, 0) is 37.1 Å². The van der Waals surface area contributed by atoms with Crippen molar-refractivity contribution in [2.24, 2.45) is 0 Å². The Morgan fingerprint density at radius 2 is 1.61 bits per heavy atom. The maximum Gasteiger partial charge on any atom is 0.190 e. The molecule has 98 valence electrons. The van der Waals surface area contributed by atoms with Crippen molar-refractivity contribution in [1.29, 1.82) is 0 Å². The molecule has 0 spiro atoms. The lowest BCUT2D eigenvalue weighted by Gasteiger charge is -2.31. The first kappa shape index (κ1) is 13.1. The van der Waals surface area contributed by atoms with E-state index in [-0.39, 0.29) is 10.6 Å². The zero-order chi connectivity index (χ0) is 13.2. The fourth-order valence-corrected chi connectivity index (χ4v) is 4.38. The van der Waals surface area contributed by atoms with E-state index in [1.165, 1.54) is 24.3 Å². The van der Waals surface area contributed by atoms with Crippen LogP contribution in [0.1, 0.15) is 32.1 Å². The van der Waals surface area contributed by atoms with Crippen LogP contribution in [-0.2, 0) is 14.6 Å². The predicted molar refractivity (Wildman–Crippen MR) is 67.2 cm³/mol. The smallest absolute Gasteiger partial charge is 0.190 e. The molecule has 1 saturated carbocycles. The van der Waals surface area contributed by atoms with Crippen LogP contribution in [0.4, 0.5) is 0 Å². The number of sulfone groups is 1. The summed E-state index contributed by atoms with van der Waals surface area (Å²) in [6, 6.07) is 5.36. The van der Waals surface area contributed by atoms with Crippen LogP contribution in [0.2, 0.25) is 0 Å². The lowest BCUT2D eigenvalue weighted by atomic mass is 9.89. The van der Waals surface area contributed by atoms with Crippen molar-refractivity contribution in [2.75, 3.05) is 0 Å². The van der Waals surface area contributed by atoms with Crippen molar-refractivity contribution < 1.29 is 18.3 Å². The Morgan fingerprint density at radius 1 is 1.06 bits per heavy atom. The summed E-state index contributed by atoms with van der Waals surface area (Å²) in [5.74, 6) is 0.0118. The average molecular weight is 268 g/mol. The summed E-state index contributed by atoms with van der Waals surface area (Å²) in [7, 11) is -3.67. The number of aldehydes is 1. The number of benzene rings is 1. The Labute approximate surface area is 107 Å². The lowest BCUT2D eigenvalue weighted by Crippen LogP contribution is -2.42. The van der Waals surface area contributed by atoms with E-state index in [2.05, 4.69) is 0 Å². The molecule has 5 heteroatoms. The standard InChI is InChI=1S/C13H16O4S/c14-10-13(8-2-1-3-9-13)18(16,17)12-6-4-11(15)5-7-12/h4-7,10,15H,1-3,8-9H2. The van der Waals surface area contributed by atoms with Crippen molar-refractivity contribution >= 4 is 16.1 Å². The maximum absolute atomic E-state index is 12.5. The zero-order valence-electron chi connectivity index (χ0n) is 10.0. The van der Waals surface area contributed by atoms with Crippen LogP contribution in [0.3, 0.4) is 0 Å². The number of phenolic OH excluding ortho intramolecular Hbond substituents is 1. The van der Waals surface area contributed by atoms with Crippen LogP contribution in [0.25, 0.3) is 0 Å². The number of rotatable bonds is 3. The van der Waals surface area contributed by atoms with Gasteiger partial charge >= 0.3 is 0 Å². The molecule has 1 aliphatic carbocycles. The van der Waals surface area contributed by atoms with Crippen LogP contribution in [0, 0.1) is 0 Å². The third-order valence-electron chi connectivity index (χ3n) is 3.60. The molecule has 18 heavy (non-hydrogen) atoms. The highest BCUT2D eigenvalue weighted by molar-refractivity contribution is 7.93. The molecule has 0 aliphatic heterocycles. The van der Waals surface area contributed by atoms with Gasteiger partial charge in [0, 0.05) is 0 Å². The van der Waals surface area contributed by atoms with Gasteiger partial charge in [-0.2, -0.15) is 0 Å². The Kier molecular flexibility index (Phi) is 3.43. The molecule has 0 aromatic heterocycles. The van der Waals surface area contributed by atoms with Crippen LogP contribution in [0.5, 0.6) is 5.75 Å². The van der Waals surface area contributed by atoms with Gasteiger partial charge in [-0.3, -0.25) is 0 Å². The molecule has 1 aromatic rings. The summed E-state index contributed by atoms with van der Waals surface area (Å²) in [4.78, 5) is 11.4. The van der Waals surface area contributed by atoms with Crippen molar-refractivity contribution in [3.05, 3.63) is 24.3 Å². The van der Waals surface area contributed by atoms with Crippen LogP contribution in [0.15, 0.2) is 29.2 Å². The molecule has 1 N–H and O–H groups in total. The van der Waals surface area contributed by atoms with E-state index >= 15 is 0 Å². The van der Waals surface area contributed by atoms with E-state index in [1.807, 2.05) is 0 Å². The Bertz CT molecular complexity index is 525. The highest BCUT2D eigenvalue weighted by Crippen LogP contribution is 2.37. The largest absolute Gasteiger partial charge is 0.508 e. The Balaban J connectivity index is 2.46. The second-order valence-electron chi connectivity index (χ2n) is 4.74. The lowest BCUT2D eigenvalue weighted by molar-refractivity contribution is -0.110. The van der Waals surface area contributed by atoms with Crippen molar-refractivity contribution in [2.45, 2.75) is 41.7 Å². The molecule has 2 rings (SSSR count). The Morgan fingerprint density at radius 3 is 2.11 bits per heavy atom. The van der Waals surface area contributed by atoms with Gasteiger partial charge in [0.2, 0.25) is 0 Å². The summed E-state index contributed by atoms with van der Waals surface area (Å²) in [6.07, 6.45) is 3.86. The first-order valence-corrected chi connectivity index (χ1v) is 7.50. The first-order valence-electron chi connectivity index (χ1n) is 6.02. The van der Waals surface area contributed by atoms with Gasteiger partial charge in [0.25, 0.3) is 0 Å². The van der Waals surface area contributed by atoms with Crippen LogP contribution in [-0.4, -0.2) is 24.6 Å². The third-order valence-corrected chi connectivity index (χ3v) is 6.06. The third kappa shape index (κ3) is 2.03. The van der Waals surface area contributed by atoms with Gasteiger partial charge in [0.1, 0.15) is 16.8 Å². The normalized spacial score (nSPS) is 19.3. The fourth-order valence-electron chi connectivity index (χ4n) is 2.46. The summed E-state index contributed by atoms with van der Waals surface area (Å²) in [5.41, 5.74) is 0. The molecule has 1 aromatic carbocycles. The van der Waals surface area contributed by atoms with Gasteiger partial charge in [-0.1, -0.05) is 19.3 Å². The number of carbonyl (C=O) groups is 1. The number of phenols is 1. The second-order valence-corrected chi connectivity index (χ2v) is 7.03. The topological polar surface area (TPSA) is 71.4 Å². The van der Waals surface area contributed by atoms with Gasteiger partial charge in [-0.25, -0.2) is 8.42 Å². The molecule has 4 nitrogen and oxygen atoms in total. The number of hydrogen-bond acceptors (Lipinski definition) is 4. The van der Waals surface area contributed by atoms with Crippen LogP contribution >= 0.6 is 0 Å². The molecule has 0 atom stereocenters. The summed E-state index contributed by atoms with van der Waals surface area (Å²) in [5, 5.41) is 9.19. The molecule has 0 bridgehead atoms. The van der Waals surface area contributed by atoms with Crippen LogP contribution < -0.4 is 0 Å². The van der Waals surface area contributed by atoms with Gasteiger partial charge in [-0.15, -0.1) is 0 Å². The molecule has 0 heterocycles. The zero-order valence-corrected chi connectivity index (χ0v) is 10.8. The van der Waals surface area contributed by atoms with E-state index in [1.54, 1.807) is 0 Å². The summed E-state index contributed by atoms with van der Waals surface area (Å²) < 4.78 is 23.8. The number of aromatic hydroxyl groups is 1. The van der Waals surface area contributed by atoms with Crippen molar-refractivity contribution in [3.8, 4) is 5.75 Å². The van der Waals surface area contributed by atoms with Crippen molar-refractivity contribution in [3.63, 3.8) is 0 Å². The highest BCUT2D eigenvalue weighted by atomic mass is 32.2. The number of carbonyl (C=O) groups excluding carboxylic acids is 1. The molecule has 0 amide bonds. The molecule has 1 fully saturated rings. The van der Waals surface area contributed by atoms with Gasteiger partial charge in [0.15, 0.2) is 9.84 Å². The quantitative estimate of drug-likeness (QED) is 0.852. The summed E-state index contributed by atoms with van der Waals surface area (Å²) in [6.45, 7) is 0. The molecular weight excluding hydrogens is 252 g/mol. The van der Waals surface area contributed by atoms with E-state index in [0.717, 1.165) is 19.3 Å². The minimum absolute atomic E-state index is 0.0118. The molecule has 0 radical (unpaired) electrons. The second kappa shape index (κ2) is 4.72. The first-order chi connectivity index (χ1) is 8.52. The SMILES string of the molecule is O=CC1(S(=O)(=O)c2ccc(O)cc2)CCCCC1. The highest BCUT2D eigenvalue weighted by Gasteiger charge is 2.45. The van der Waals surface area contributed by atoms with E-state index < -0.39 is 14.6 Å². The summed E-state index contributed by atoms with van der Waals surface area (Å²) >= 11 is 0.